The summed E-state index contributed by atoms with van der Waals surface area (Å²) in [5.74, 6) is -0.337. The Morgan fingerprint density at radius 2 is 2.17 bits per heavy atom. The average Bonchev–Trinajstić information content (AvgIpc) is 2.64. The lowest BCUT2D eigenvalue weighted by Gasteiger charge is -1.99. The summed E-state index contributed by atoms with van der Waals surface area (Å²) in [6.45, 7) is 6.14. The van der Waals surface area contributed by atoms with E-state index < -0.39 is 0 Å². The predicted molar refractivity (Wildman–Crippen MR) is 45.6 cm³/mol. The quantitative estimate of drug-likeness (QED) is 0.376. The molecule has 0 aromatic carbocycles. The van der Waals surface area contributed by atoms with Crippen LogP contribution in [0.5, 0.6) is 0 Å². The van der Waals surface area contributed by atoms with E-state index in [0.29, 0.717) is 18.8 Å². The van der Waals surface area contributed by atoms with Crippen LogP contribution in [0.2, 0.25) is 0 Å². The van der Waals surface area contributed by atoms with Gasteiger partial charge in [-0.25, -0.2) is 4.79 Å². The number of epoxide rings is 1. The summed E-state index contributed by atoms with van der Waals surface area (Å²) in [6, 6.07) is 0. The summed E-state index contributed by atoms with van der Waals surface area (Å²) in [4.78, 5) is 10.7. The molecule has 5 heteroatoms. The average molecular weight is 176 g/mol. The zero-order valence-corrected chi connectivity index (χ0v) is 7.34. The van der Waals surface area contributed by atoms with Gasteiger partial charge in [-0.15, -0.1) is 0 Å². The van der Waals surface area contributed by atoms with E-state index in [2.05, 4.69) is 6.58 Å². The summed E-state index contributed by atoms with van der Waals surface area (Å²) in [5, 5.41) is 0. The van der Waals surface area contributed by atoms with Gasteiger partial charge < -0.3 is 21.8 Å². The van der Waals surface area contributed by atoms with Gasteiger partial charge in [-0.3, -0.25) is 0 Å². The minimum absolute atomic E-state index is 0. The van der Waals surface area contributed by atoms with Crippen molar-refractivity contribution in [1.82, 2.24) is 12.3 Å². The number of carbonyl (C=O) groups excluding carboxylic acids is 1. The third kappa shape index (κ3) is 4.84. The van der Waals surface area contributed by atoms with Crippen molar-refractivity contribution in [1.29, 1.82) is 0 Å². The van der Waals surface area contributed by atoms with Crippen LogP contribution in [0.25, 0.3) is 0 Å². The fourth-order valence-electron chi connectivity index (χ4n) is 0.456. The van der Waals surface area contributed by atoms with Gasteiger partial charge in [0, 0.05) is 5.57 Å². The van der Waals surface area contributed by atoms with Crippen LogP contribution in [-0.4, -0.2) is 25.3 Å². The molecule has 6 N–H and O–H groups in total. The zero-order chi connectivity index (χ0) is 7.56. The molecule has 1 heterocycles. The maximum atomic E-state index is 10.7. The van der Waals surface area contributed by atoms with Gasteiger partial charge in [0.1, 0.15) is 12.7 Å². The molecule has 1 aliphatic heterocycles. The van der Waals surface area contributed by atoms with Crippen LogP contribution in [0.15, 0.2) is 12.2 Å². The molecule has 0 aromatic rings. The molecule has 0 saturated carbocycles. The molecule has 1 rings (SSSR count). The third-order valence-corrected chi connectivity index (χ3v) is 1.15. The first-order chi connectivity index (χ1) is 4.70. The van der Waals surface area contributed by atoms with Crippen molar-refractivity contribution in [3.05, 3.63) is 12.2 Å². The van der Waals surface area contributed by atoms with Crippen molar-refractivity contribution >= 4 is 5.97 Å². The largest absolute Gasteiger partial charge is 0.459 e. The highest BCUT2D eigenvalue weighted by atomic mass is 16.6. The molecular weight excluding hydrogens is 160 g/mol. The Bertz CT molecular complexity index is 166. The predicted octanol–water partition coefficient (Wildman–Crippen LogP) is 0.828. The molecule has 12 heavy (non-hydrogen) atoms. The Morgan fingerprint density at radius 3 is 2.50 bits per heavy atom. The fourth-order valence-corrected chi connectivity index (χ4v) is 0.456. The molecule has 5 nitrogen and oxygen atoms in total. The molecule has 72 valence electrons. The molecule has 0 aliphatic carbocycles. The molecule has 1 aliphatic rings. The first-order valence-electron chi connectivity index (χ1n) is 3.14. The monoisotopic (exact) mass is 176 g/mol. The Morgan fingerprint density at radius 1 is 1.67 bits per heavy atom. The van der Waals surface area contributed by atoms with Gasteiger partial charge in [-0.1, -0.05) is 6.58 Å². The van der Waals surface area contributed by atoms with Crippen LogP contribution in [-0.2, 0) is 14.3 Å². The molecule has 1 unspecified atom stereocenters. The number of hydrogen-bond donors (Lipinski definition) is 2. The van der Waals surface area contributed by atoms with Crippen molar-refractivity contribution in [2.45, 2.75) is 13.0 Å². The van der Waals surface area contributed by atoms with Crippen molar-refractivity contribution in [2.75, 3.05) is 13.2 Å². The van der Waals surface area contributed by atoms with Crippen LogP contribution in [0.1, 0.15) is 6.92 Å². The first-order valence-corrected chi connectivity index (χ1v) is 3.14. The van der Waals surface area contributed by atoms with Crippen molar-refractivity contribution in [3.8, 4) is 0 Å². The minimum atomic E-state index is -0.337. The molecular formula is C7H16N2O3. The topological polar surface area (TPSA) is 109 Å². The summed E-state index contributed by atoms with van der Waals surface area (Å²) in [5.41, 5.74) is 0.431. The third-order valence-electron chi connectivity index (χ3n) is 1.15. The van der Waals surface area contributed by atoms with Gasteiger partial charge in [0.15, 0.2) is 0 Å². The first kappa shape index (κ1) is 13.7. The Labute approximate surface area is 71.9 Å². The summed E-state index contributed by atoms with van der Waals surface area (Å²) in [7, 11) is 0. The standard InChI is InChI=1S/C7H10O3.2H3N/c1-5(2)7(8)10-4-6-3-9-6;;/h6H,1,3-4H2,2H3;2*1H3. The van der Waals surface area contributed by atoms with E-state index in [4.69, 9.17) is 9.47 Å². The number of esters is 1. The Hall–Kier alpha value is -0.910. The number of hydrogen-bond acceptors (Lipinski definition) is 5. The van der Waals surface area contributed by atoms with Crippen LogP contribution < -0.4 is 12.3 Å². The number of rotatable bonds is 3. The van der Waals surface area contributed by atoms with Gasteiger partial charge in [0.05, 0.1) is 6.61 Å². The lowest BCUT2D eigenvalue weighted by molar-refractivity contribution is -0.139. The fraction of sp³-hybridized carbons (Fsp3) is 0.571. The lowest BCUT2D eigenvalue weighted by atomic mass is 10.4. The van der Waals surface area contributed by atoms with Crippen LogP contribution in [0.3, 0.4) is 0 Å². The van der Waals surface area contributed by atoms with E-state index >= 15 is 0 Å². The van der Waals surface area contributed by atoms with Crippen LogP contribution in [0, 0.1) is 0 Å². The molecule has 0 amide bonds. The summed E-state index contributed by atoms with van der Waals surface area (Å²) < 4.78 is 9.60. The summed E-state index contributed by atoms with van der Waals surface area (Å²) >= 11 is 0. The van der Waals surface area contributed by atoms with Crippen LogP contribution >= 0.6 is 0 Å². The zero-order valence-electron chi connectivity index (χ0n) is 7.34. The van der Waals surface area contributed by atoms with E-state index in [-0.39, 0.29) is 24.4 Å². The number of ether oxygens (including phenoxy) is 2. The van der Waals surface area contributed by atoms with E-state index in [9.17, 15) is 4.79 Å². The van der Waals surface area contributed by atoms with E-state index in [1.807, 2.05) is 0 Å². The second-order valence-electron chi connectivity index (χ2n) is 2.33. The molecule has 0 aromatic heterocycles. The van der Waals surface area contributed by atoms with E-state index in [0.717, 1.165) is 0 Å². The van der Waals surface area contributed by atoms with E-state index in [1.54, 1.807) is 6.92 Å². The molecule has 0 radical (unpaired) electrons. The van der Waals surface area contributed by atoms with Gasteiger partial charge in [-0.2, -0.15) is 0 Å². The second kappa shape index (κ2) is 5.70. The number of carbonyl (C=O) groups is 1. The maximum Gasteiger partial charge on any atom is 0.333 e. The maximum absolute atomic E-state index is 10.7. The Balaban J connectivity index is 0. The van der Waals surface area contributed by atoms with Crippen molar-refractivity contribution < 1.29 is 14.3 Å². The molecule has 1 saturated heterocycles. The van der Waals surface area contributed by atoms with Crippen LogP contribution in [0.4, 0.5) is 0 Å². The lowest BCUT2D eigenvalue weighted by Crippen LogP contribution is -2.09. The van der Waals surface area contributed by atoms with Gasteiger partial charge in [0.25, 0.3) is 0 Å². The highest BCUT2D eigenvalue weighted by molar-refractivity contribution is 5.86. The molecule has 0 spiro atoms. The SMILES string of the molecule is C=C(C)C(=O)OCC1CO1.N.N. The second-order valence-corrected chi connectivity index (χ2v) is 2.33. The van der Waals surface area contributed by atoms with E-state index in [1.165, 1.54) is 0 Å². The molecule has 1 fully saturated rings. The van der Waals surface area contributed by atoms with Crippen molar-refractivity contribution in [2.24, 2.45) is 0 Å². The van der Waals surface area contributed by atoms with Crippen molar-refractivity contribution in [3.63, 3.8) is 0 Å². The van der Waals surface area contributed by atoms with Gasteiger partial charge in [0.2, 0.25) is 0 Å². The normalized spacial score (nSPS) is 18.2. The smallest absolute Gasteiger partial charge is 0.333 e. The highest BCUT2D eigenvalue weighted by Gasteiger charge is 2.24. The van der Waals surface area contributed by atoms with Gasteiger partial charge >= 0.3 is 5.97 Å². The van der Waals surface area contributed by atoms with Gasteiger partial charge in [-0.05, 0) is 6.92 Å². The summed E-state index contributed by atoms with van der Waals surface area (Å²) in [6.07, 6.45) is 0.142. The minimum Gasteiger partial charge on any atom is -0.459 e. The molecule has 0 bridgehead atoms. The molecule has 1 atom stereocenters. The highest BCUT2D eigenvalue weighted by Crippen LogP contribution is 2.09. The Kier molecular flexibility index (Phi) is 6.49.